The molecular formula is C19H18O2. The summed E-state index contributed by atoms with van der Waals surface area (Å²) in [5, 5.41) is 0. The average Bonchev–Trinajstić information content (AvgIpc) is 2.43. The third-order valence-electron chi connectivity index (χ3n) is 4.09. The zero-order valence-electron chi connectivity index (χ0n) is 12.8. The van der Waals surface area contributed by atoms with Crippen LogP contribution in [0.4, 0.5) is 0 Å². The van der Waals surface area contributed by atoms with E-state index in [9.17, 15) is 9.59 Å². The van der Waals surface area contributed by atoms with Crippen molar-refractivity contribution in [3.63, 3.8) is 0 Å². The Morgan fingerprint density at radius 2 is 1.29 bits per heavy atom. The zero-order valence-corrected chi connectivity index (χ0v) is 12.8. The van der Waals surface area contributed by atoms with Crippen LogP contribution in [0.1, 0.15) is 63.7 Å². The van der Waals surface area contributed by atoms with Gasteiger partial charge in [0.2, 0.25) is 0 Å². The van der Waals surface area contributed by atoms with E-state index >= 15 is 0 Å². The van der Waals surface area contributed by atoms with Crippen LogP contribution >= 0.6 is 0 Å². The Bertz CT molecular complexity index is 777. The van der Waals surface area contributed by atoms with Gasteiger partial charge in [-0.25, -0.2) is 0 Å². The molecule has 0 saturated carbocycles. The highest BCUT2D eigenvalue weighted by atomic mass is 16.1. The first-order valence-corrected chi connectivity index (χ1v) is 7.15. The highest BCUT2D eigenvalue weighted by Gasteiger charge is 2.34. The second kappa shape index (κ2) is 4.39. The van der Waals surface area contributed by atoms with Crippen molar-refractivity contribution >= 4 is 11.6 Å². The minimum atomic E-state index is -0.178. The van der Waals surface area contributed by atoms with Gasteiger partial charge in [0.1, 0.15) is 0 Å². The molecule has 2 aromatic carbocycles. The molecule has 0 fully saturated rings. The predicted octanol–water partition coefficient (Wildman–Crippen LogP) is 4.07. The summed E-state index contributed by atoms with van der Waals surface area (Å²) in [7, 11) is 0. The molecule has 0 aromatic heterocycles. The molecule has 0 bridgehead atoms. The van der Waals surface area contributed by atoms with Crippen molar-refractivity contribution < 1.29 is 9.59 Å². The Morgan fingerprint density at radius 3 is 1.90 bits per heavy atom. The molecule has 0 unspecified atom stereocenters. The SMILES string of the molecule is Cc1cccc2c1C(=O)c1cccc(C(C)(C)C)c1C2=O. The third kappa shape index (κ3) is 1.94. The Hall–Kier alpha value is -2.22. The van der Waals surface area contributed by atoms with Crippen LogP contribution < -0.4 is 0 Å². The monoisotopic (exact) mass is 278 g/mol. The Balaban J connectivity index is 2.36. The van der Waals surface area contributed by atoms with Crippen molar-refractivity contribution in [2.24, 2.45) is 0 Å². The van der Waals surface area contributed by atoms with Crippen molar-refractivity contribution in [3.8, 4) is 0 Å². The van der Waals surface area contributed by atoms with Gasteiger partial charge in [0.05, 0.1) is 0 Å². The summed E-state index contributed by atoms with van der Waals surface area (Å²) in [5.41, 5.74) is 3.82. The van der Waals surface area contributed by atoms with E-state index in [-0.39, 0.29) is 17.0 Å². The van der Waals surface area contributed by atoms with Gasteiger partial charge in [0, 0.05) is 22.3 Å². The third-order valence-corrected chi connectivity index (χ3v) is 4.09. The van der Waals surface area contributed by atoms with Gasteiger partial charge in [0.15, 0.2) is 11.6 Å². The number of rotatable bonds is 0. The van der Waals surface area contributed by atoms with Crippen LogP contribution in [0.2, 0.25) is 0 Å². The molecule has 21 heavy (non-hydrogen) atoms. The van der Waals surface area contributed by atoms with E-state index in [4.69, 9.17) is 0 Å². The molecule has 0 aliphatic heterocycles. The molecule has 3 rings (SSSR count). The first-order chi connectivity index (χ1) is 9.82. The second-order valence-corrected chi connectivity index (χ2v) is 6.63. The molecule has 0 radical (unpaired) electrons. The normalized spacial score (nSPS) is 13.9. The molecule has 0 N–H and O–H groups in total. The molecule has 0 heterocycles. The number of hydrogen-bond donors (Lipinski definition) is 0. The van der Waals surface area contributed by atoms with E-state index in [2.05, 4.69) is 20.8 Å². The molecule has 1 aliphatic rings. The Kier molecular flexibility index (Phi) is 2.87. The van der Waals surface area contributed by atoms with Crippen LogP contribution in [0.25, 0.3) is 0 Å². The van der Waals surface area contributed by atoms with Crippen LogP contribution in [0.15, 0.2) is 36.4 Å². The highest BCUT2D eigenvalue weighted by Crippen LogP contribution is 2.35. The first-order valence-electron chi connectivity index (χ1n) is 7.15. The fraction of sp³-hybridized carbons (Fsp3) is 0.263. The van der Waals surface area contributed by atoms with Gasteiger partial charge in [-0.2, -0.15) is 0 Å². The number of fused-ring (bicyclic) bond motifs is 2. The van der Waals surface area contributed by atoms with Crippen molar-refractivity contribution in [1.82, 2.24) is 0 Å². The smallest absolute Gasteiger partial charge is 0.194 e. The van der Waals surface area contributed by atoms with Gasteiger partial charge in [-0.05, 0) is 23.5 Å². The van der Waals surface area contributed by atoms with Gasteiger partial charge in [0.25, 0.3) is 0 Å². The largest absolute Gasteiger partial charge is 0.289 e. The number of carbonyl (C=O) groups excluding carboxylic acids is 2. The average molecular weight is 278 g/mol. The molecule has 106 valence electrons. The minimum absolute atomic E-state index is 0.0335. The summed E-state index contributed by atoms with van der Waals surface area (Å²) in [6.07, 6.45) is 0. The molecule has 0 atom stereocenters. The maximum Gasteiger partial charge on any atom is 0.194 e. The number of ketones is 2. The number of aryl methyl sites for hydroxylation is 1. The topological polar surface area (TPSA) is 34.1 Å². The predicted molar refractivity (Wildman–Crippen MR) is 83.2 cm³/mol. The molecular weight excluding hydrogens is 260 g/mol. The van der Waals surface area contributed by atoms with Gasteiger partial charge >= 0.3 is 0 Å². The van der Waals surface area contributed by atoms with Gasteiger partial charge in [-0.3, -0.25) is 9.59 Å². The van der Waals surface area contributed by atoms with E-state index in [1.54, 1.807) is 12.1 Å². The lowest BCUT2D eigenvalue weighted by molar-refractivity contribution is 0.0977. The van der Waals surface area contributed by atoms with Crippen LogP contribution in [0, 0.1) is 6.92 Å². The summed E-state index contributed by atoms with van der Waals surface area (Å²) in [6, 6.07) is 11.1. The van der Waals surface area contributed by atoms with E-state index in [0.29, 0.717) is 22.3 Å². The lowest BCUT2D eigenvalue weighted by Gasteiger charge is -2.27. The van der Waals surface area contributed by atoms with Crippen LogP contribution in [-0.4, -0.2) is 11.6 Å². The summed E-state index contributed by atoms with van der Waals surface area (Å²) < 4.78 is 0. The molecule has 2 aromatic rings. The Labute approximate surface area is 124 Å². The van der Waals surface area contributed by atoms with Crippen molar-refractivity contribution in [1.29, 1.82) is 0 Å². The minimum Gasteiger partial charge on any atom is -0.289 e. The first kappa shape index (κ1) is 13.7. The van der Waals surface area contributed by atoms with Crippen LogP contribution in [0.3, 0.4) is 0 Å². The summed E-state index contributed by atoms with van der Waals surface area (Å²) in [4.78, 5) is 25.7. The fourth-order valence-electron chi connectivity index (χ4n) is 3.04. The van der Waals surface area contributed by atoms with E-state index in [0.717, 1.165) is 11.1 Å². The lowest BCUT2D eigenvalue weighted by atomic mass is 9.74. The molecule has 2 nitrogen and oxygen atoms in total. The van der Waals surface area contributed by atoms with Gasteiger partial charge in [-0.1, -0.05) is 57.2 Å². The van der Waals surface area contributed by atoms with Crippen molar-refractivity contribution in [2.75, 3.05) is 0 Å². The highest BCUT2D eigenvalue weighted by molar-refractivity contribution is 6.29. The zero-order chi connectivity index (χ0) is 15.4. The number of carbonyl (C=O) groups is 2. The molecule has 0 saturated heterocycles. The second-order valence-electron chi connectivity index (χ2n) is 6.63. The maximum absolute atomic E-state index is 12.9. The molecule has 0 spiro atoms. The maximum atomic E-state index is 12.9. The summed E-state index contributed by atoms with van der Waals surface area (Å²) >= 11 is 0. The van der Waals surface area contributed by atoms with Crippen LogP contribution in [-0.2, 0) is 5.41 Å². The van der Waals surface area contributed by atoms with Crippen molar-refractivity contribution in [2.45, 2.75) is 33.1 Å². The molecule has 0 amide bonds. The Morgan fingerprint density at radius 1 is 0.762 bits per heavy atom. The van der Waals surface area contributed by atoms with Gasteiger partial charge < -0.3 is 0 Å². The fourth-order valence-corrected chi connectivity index (χ4v) is 3.04. The standard InChI is InChI=1S/C19H18O2/c1-11-7-5-8-12-15(11)17(20)13-9-6-10-14(19(2,3)4)16(13)18(12)21/h5-10H,1-4H3. The number of hydrogen-bond acceptors (Lipinski definition) is 2. The van der Waals surface area contributed by atoms with Crippen LogP contribution in [0.5, 0.6) is 0 Å². The van der Waals surface area contributed by atoms with Crippen molar-refractivity contribution in [3.05, 3.63) is 69.8 Å². The molecule has 1 aliphatic carbocycles. The van der Waals surface area contributed by atoms with Gasteiger partial charge in [-0.15, -0.1) is 0 Å². The van der Waals surface area contributed by atoms with E-state index in [1.807, 2.05) is 31.2 Å². The number of benzene rings is 2. The molecule has 2 heteroatoms. The quantitative estimate of drug-likeness (QED) is 0.621. The van der Waals surface area contributed by atoms with E-state index in [1.165, 1.54) is 0 Å². The summed E-state index contributed by atoms with van der Waals surface area (Å²) in [5.74, 6) is -0.0716. The lowest BCUT2D eigenvalue weighted by Crippen LogP contribution is -2.27. The van der Waals surface area contributed by atoms with E-state index < -0.39 is 0 Å². The summed E-state index contributed by atoms with van der Waals surface area (Å²) in [6.45, 7) is 8.06.